The van der Waals surface area contributed by atoms with Crippen LogP contribution in [0.2, 0.25) is 0 Å². The molecule has 4 rings (SSSR count). The summed E-state index contributed by atoms with van der Waals surface area (Å²) in [6.45, 7) is -0.492. The molecule has 1 aliphatic rings. The molecule has 0 fully saturated rings. The van der Waals surface area contributed by atoms with Gasteiger partial charge in [-0.3, -0.25) is 14.2 Å². The van der Waals surface area contributed by atoms with Gasteiger partial charge in [0.2, 0.25) is 0 Å². The fourth-order valence-electron chi connectivity index (χ4n) is 3.73. The molecule has 0 saturated carbocycles. The molecule has 3 aromatic rings. The largest absolute Gasteiger partial charge is 0.451 e. The predicted octanol–water partition coefficient (Wildman–Crippen LogP) is 3.43. The molecule has 0 bridgehead atoms. The van der Waals surface area contributed by atoms with Gasteiger partial charge in [-0.05, 0) is 49.6 Å². The van der Waals surface area contributed by atoms with Crippen LogP contribution in [0.1, 0.15) is 44.1 Å². The zero-order chi connectivity index (χ0) is 22.7. The molecule has 0 spiro atoms. The summed E-state index contributed by atoms with van der Waals surface area (Å²) in [5.74, 6) is -1.76. The molecule has 2 heterocycles. The second-order valence-electron chi connectivity index (χ2n) is 7.20. The number of aromatic nitrogens is 2. The molecule has 0 atom stereocenters. The topological polar surface area (TPSA) is 116 Å². The summed E-state index contributed by atoms with van der Waals surface area (Å²) in [5, 5.41) is 3.74. The molecule has 1 aromatic carbocycles. The molecule has 2 aromatic heterocycles. The monoisotopic (exact) mass is 470 g/mol. The maximum absolute atomic E-state index is 12.7. The Morgan fingerprint density at radius 2 is 1.97 bits per heavy atom. The Kier molecular flexibility index (Phi) is 6.61. The number of benzene rings is 1. The average molecular weight is 471 g/mol. The number of ether oxygens (including phenoxy) is 1. The lowest BCUT2D eigenvalue weighted by molar-refractivity contribution is -0.119. The van der Waals surface area contributed by atoms with Crippen molar-refractivity contribution in [2.75, 3.05) is 18.2 Å². The Labute approximate surface area is 193 Å². The number of aryl methyl sites for hydroxylation is 1. The van der Waals surface area contributed by atoms with Crippen LogP contribution in [0, 0.1) is 0 Å². The highest BCUT2D eigenvalue weighted by atomic mass is 32.2. The molecule has 0 aliphatic heterocycles. The van der Waals surface area contributed by atoms with Crippen LogP contribution in [0.15, 0.2) is 41.7 Å². The van der Waals surface area contributed by atoms with Gasteiger partial charge < -0.3 is 15.8 Å². The Hall–Kier alpha value is -3.11. The maximum atomic E-state index is 12.7. The molecule has 0 unspecified atom stereocenters. The highest BCUT2D eigenvalue weighted by Crippen LogP contribution is 2.37. The van der Waals surface area contributed by atoms with Gasteiger partial charge in [0.05, 0.1) is 11.8 Å². The van der Waals surface area contributed by atoms with E-state index >= 15 is 0 Å². The van der Waals surface area contributed by atoms with Gasteiger partial charge in [0, 0.05) is 10.6 Å². The first-order chi connectivity index (χ1) is 15.5. The number of anilines is 1. The zero-order valence-corrected chi connectivity index (χ0v) is 19.1. The smallest absolute Gasteiger partial charge is 0.357 e. The standard InChI is InChI=1S/C22H22N4O4S2/c1-31-22-24-11-15(26(22)13-7-3-2-4-8-13)21(29)30-12-17(27)25-20-18(19(23)28)14-9-5-6-10-16(14)32-20/h2-4,7-8,11H,5-6,9-10,12H2,1H3,(H2,23,28)(H,25,27). The second-order valence-corrected chi connectivity index (χ2v) is 9.08. The number of primary amides is 1. The maximum Gasteiger partial charge on any atom is 0.357 e. The summed E-state index contributed by atoms with van der Waals surface area (Å²) in [4.78, 5) is 42.5. The van der Waals surface area contributed by atoms with Crippen LogP contribution >= 0.6 is 23.1 Å². The first-order valence-electron chi connectivity index (χ1n) is 10.1. The van der Waals surface area contributed by atoms with Gasteiger partial charge in [-0.1, -0.05) is 30.0 Å². The van der Waals surface area contributed by atoms with Gasteiger partial charge in [-0.15, -0.1) is 11.3 Å². The van der Waals surface area contributed by atoms with Crippen LogP contribution in [-0.2, 0) is 22.4 Å². The Balaban J connectivity index is 1.47. The third-order valence-corrected chi connectivity index (χ3v) is 7.00. The van der Waals surface area contributed by atoms with E-state index in [0.717, 1.165) is 41.8 Å². The molecule has 1 aliphatic carbocycles. The lowest BCUT2D eigenvalue weighted by Crippen LogP contribution is -2.23. The summed E-state index contributed by atoms with van der Waals surface area (Å²) in [5.41, 5.74) is 7.85. The van der Waals surface area contributed by atoms with Crippen LogP contribution in [0.4, 0.5) is 5.00 Å². The molecule has 0 saturated heterocycles. The van der Waals surface area contributed by atoms with Crippen molar-refractivity contribution in [2.24, 2.45) is 5.73 Å². The number of carbonyl (C=O) groups is 3. The van der Waals surface area contributed by atoms with Crippen molar-refractivity contribution in [3.8, 4) is 5.69 Å². The van der Waals surface area contributed by atoms with Crippen LogP contribution < -0.4 is 11.1 Å². The van der Waals surface area contributed by atoms with E-state index in [1.807, 2.05) is 36.6 Å². The van der Waals surface area contributed by atoms with Gasteiger partial charge in [0.25, 0.3) is 11.8 Å². The van der Waals surface area contributed by atoms with E-state index in [1.165, 1.54) is 29.3 Å². The second kappa shape index (κ2) is 9.58. The van der Waals surface area contributed by atoms with Crippen molar-refractivity contribution in [1.29, 1.82) is 0 Å². The van der Waals surface area contributed by atoms with Crippen molar-refractivity contribution in [2.45, 2.75) is 30.8 Å². The Bertz CT molecular complexity index is 1170. The van der Waals surface area contributed by atoms with Gasteiger partial charge in [-0.25, -0.2) is 9.78 Å². The first-order valence-corrected chi connectivity index (χ1v) is 12.1. The van der Waals surface area contributed by atoms with E-state index in [0.29, 0.717) is 15.7 Å². The van der Waals surface area contributed by atoms with E-state index < -0.39 is 24.4 Å². The highest BCUT2D eigenvalue weighted by molar-refractivity contribution is 7.98. The summed E-state index contributed by atoms with van der Waals surface area (Å²) < 4.78 is 6.94. The molecule has 3 N–H and O–H groups in total. The Morgan fingerprint density at radius 1 is 1.22 bits per heavy atom. The van der Waals surface area contributed by atoms with E-state index in [1.54, 1.807) is 4.57 Å². The number of imidazole rings is 1. The molecule has 2 amide bonds. The molecular weight excluding hydrogens is 448 g/mol. The number of nitrogens with two attached hydrogens (primary N) is 1. The summed E-state index contributed by atoms with van der Waals surface area (Å²) in [7, 11) is 0. The SMILES string of the molecule is CSc1ncc(C(=O)OCC(=O)Nc2sc3c(c2C(N)=O)CCCC3)n1-c1ccccc1. The van der Waals surface area contributed by atoms with Crippen molar-refractivity contribution >= 4 is 45.9 Å². The fraction of sp³-hybridized carbons (Fsp3) is 0.273. The van der Waals surface area contributed by atoms with E-state index in [4.69, 9.17) is 10.5 Å². The third-order valence-electron chi connectivity index (χ3n) is 5.14. The number of para-hydroxylation sites is 1. The van der Waals surface area contributed by atoms with Crippen molar-refractivity contribution in [3.63, 3.8) is 0 Å². The number of amides is 2. The average Bonchev–Trinajstić information content (AvgIpc) is 3.39. The quantitative estimate of drug-likeness (QED) is 0.404. The van der Waals surface area contributed by atoms with E-state index in [2.05, 4.69) is 10.3 Å². The number of hydrogen-bond acceptors (Lipinski definition) is 7. The van der Waals surface area contributed by atoms with Gasteiger partial charge in [0.1, 0.15) is 5.00 Å². The minimum atomic E-state index is -0.669. The Morgan fingerprint density at radius 3 is 2.69 bits per heavy atom. The van der Waals surface area contributed by atoms with Gasteiger partial charge in [0.15, 0.2) is 17.5 Å². The van der Waals surface area contributed by atoms with Crippen LogP contribution in [0.25, 0.3) is 5.69 Å². The molecule has 10 heteroatoms. The summed E-state index contributed by atoms with van der Waals surface area (Å²) in [6, 6.07) is 9.31. The van der Waals surface area contributed by atoms with E-state index in [9.17, 15) is 14.4 Å². The fourth-order valence-corrected chi connectivity index (χ4v) is 5.59. The number of hydrogen-bond donors (Lipinski definition) is 2. The minimum absolute atomic E-state index is 0.220. The van der Waals surface area contributed by atoms with Crippen LogP contribution in [0.3, 0.4) is 0 Å². The molecule has 8 nitrogen and oxygen atoms in total. The number of carbonyl (C=O) groups excluding carboxylic acids is 3. The van der Waals surface area contributed by atoms with Gasteiger partial charge >= 0.3 is 5.97 Å². The lowest BCUT2D eigenvalue weighted by atomic mass is 9.95. The first kappa shape index (κ1) is 22.1. The zero-order valence-electron chi connectivity index (χ0n) is 17.4. The van der Waals surface area contributed by atoms with Crippen LogP contribution in [-0.4, -0.2) is 40.2 Å². The highest BCUT2D eigenvalue weighted by Gasteiger charge is 2.25. The number of thioether (sulfide) groups is 1. The summed E-state index contributed by atoms with van der Waals surface area (Å²) >= 11 is 2.76. The number of nitrogens with zero attached hydrogens (tertiary/aromatic N) is 2. The number of rotatable bonds is 7. The number of esters is 1. The lowest BCUT2D eigenvalue weighted by Gasteiger charge is -2.11. The van der Waals surface area contributed by atoms with Crippen LogP contribution in [0.5, 0.6) is 0 Å². The van der Waals surface area contributed by atoms with Gasteiger partial charge in [-0.2, -0.15) is 0 Å². The normalized spacial score (nSPS) is 12.8. The van der Waals surface area contributed by atoms with Crippen molar-refractivity contribution in [3.05, 3.63) is 58.2 Å². The minimum Gasteiger partial charge on any atom is -0.451 e. The third kappa shape index (κ3) is 4.42. The molecular formula is C22H22N4O4S2. The summed E-state index contributed by atoms with van der Waals surface area (Å²) in [6.07, 6.45) is 6.97. The van der Waals surface area contributed by atoms with Crippen molar-refractivity contribution < 1.29 is 19.1 Å². The molecule has 166 valence electrons. The molecule has 32 heavy (non-hydrogen) atoms. The molecule has 0 radical (unpaired) electrons. The number of thiophene rings is 1. The number of fused-ring (bicyclic) bond motifs is 1. The van der Waals surface area contributed by atoms with Crippen molar-refractivity contribution in [1.82, 2.24) is 9.55 Å². The van der Waals surface area contributed by atoms with E-state index in [-0.39, 0.29) is 5.69 Å². The number of nitrogens with one attached hydrogen (secondary N) is 1. The predicted molar refractivity (Wildman–Crippen MR) is 124 cm³/mol.